The molecule has 120 valence electrons. The monoisotopic (exact) mass is 301 g/mol. The lowest BCUT2D eigenvalue weighted by Crippen LogP contribution is -2.33. The summed E-state index contributed by atoms with van der Waals surface area (Å²) in [5.74, 6) is 1.00. The molecule has 2 N–H and O–H groups in total. The maximum Gasteiger partial charge on any atom is 0.221 e. The minimum atomic E-state index is 0.0696. The first kappa shape index (κ1) is 16.8. The molecule has 1 aromatic rings. The van der Waals surface area contributed by atoms with Crippen LogP contribution in [0.5, 0.6) is 0 Å². The Kier molecular flexibility index (Phi) is 5.78. The molecule has 3 atom stereocenters. The van der Waals surface area contributed by atoms with Crippen molar-refractivity contribution in [2.24, 2.45) is 5.92 Å². The summed E-state index contributed by atoms with van der Waals surface area (Å²) in [6.07, 6.45) is 5.27. The molecule has 1 aliphatic rings. The Labute approximate surface area is 133 Å². The van der Waals surface area contributed by atoms with Gasteiger partial charge in [-0.3, -0.25) is 4.79 Å². The topological polar surface area (TPSA) is 49.3 Å². The molecule has 3 nitrogen and oxygen atoms in total. The second-order valence-corrected chi connectivity index (χ2v) is 6.66. The summed E-state index contributed by atoms with van der Waals surface area (Å²) in [6, 6.07) is 8.63. The van der Waals surface area contributed by atoms with Crippen LogP contribution >= 0.6 is 0 Å². The Morgan fingerprint density at radius 3 is 2.36 bits per heavy atom. The van der Waals surface area contributed by atoms with E-state index in [9.17, 15) is 4.79 Å². The van der Waals surface area contributed by atoms with Gasteiger partial charge >= 0.3 is 0 Å². The lowest BCUT2D eigenvalue weighted by molar-refractivity contribution is -0.121. The van der Waals surface area contributed by atoms with Crippen LogP contribution in [0.3, 0.4) is 0 Å². The van der Waals surface area contributed by atoms with E-state index >= 15 is 0 Å². The zero-order valence-electron chi connectivity index (χ0n) is 13.8. The summed E-state index contributed by atoms with van der Waals surface area (Å²) >= 11 is 0. The standard InChI is InChI=1S/C19H27NO2/c1-13(2)16-5-7-17(8-6-16)14(3)10-19(22)20-18-9-4-15(11-18)12-21/h4-9,13-15,18,21H,10-12H2,1-3H3,(H,20,22)/t14?,15-,18+/m0/s1. The van der Waals surface area contributed by atoms with E-state index in [0.29, 0.717) is 12.3 Å². The largest absolute Gasteiger partial charge is 0.396 e. The van der Waals surface area contributed by atoms with Crippen LogP contribution in [0.2, 0.25) is 0 Å². The van der Waals surface area contributed by atoms with Gasteiger partial charge in [0.25, 0.3) is 0 Å². The Morgan fingerprint density at radius 2 is 1.82 bits per heavy atom. The van der Waals surface area contributed by atoms with Crippen LogP contribution in [0.4, 0.5) is 0 Å². The number of hydrogen-bond donors (Lipinski definition) is 2. The first-order valence-corrected chi connectivity index (χ1v) is 8.18. The molecule has 0 fully saturated rings. The first-order valence-electron chi connectivity index (χ1n) is 8.18. The highest BCUT2D eigenvalue weighted by atomic mass is 16.3. The van der Waals surface area contributed by atoms with Crippen LogP contribution in [-0.4, -0.2) is 23.7 Å². The average molecular weight is 301 g/mol. The smallest absolute Gasteiger partial charge is 0.221 e. The zero-order chi connectivity index (χ0) is 16.1. The van der Waals surface area contributed by atoms with E-state index in [0.717, 1.165) is 6.42 Å². The number of aliphatic hydroxyl groups is 1. The fourth-order valence-electron chi connectivity index (χ4n) is 2.89. The fraction of sp³-hybridized carbons (Fsp3) is 0.526. The SMILES string of the molecule is CC(C)c1ccc(C(C)CC(=O)N[C@@H]2C=C[C@H](CO)C2)cc1. The molecule has 1 aliphatic carbocycles. The van der Waals surface area contributed by atoms with Gasteiger partial charge in [-0.25, -0.2) is 0 Å². The number of benzene rings is 1. The molecule has 22 heavy (non-hydrogen) atoms. The number of rotatable bonds is 6. The van der Waals surface area contributed by atoms with Crippen LogP contribution in [0, 0.1) is 5.92 Å². The molecule has 0 saturated carbocycles. The summed E-state index contributed by atoms with van der Waals surface area (Å²) in [5, 5.41) is 12.1. The number of carbonyl (C=O) groups is 1. The van der Waals surface area contributed by atoms with Gasteiger partial charge in [0.1, 0.15) is 0 Å². The molecule has 0 saturated heterocycles. The highest BCUT2D eigenvalue weighted by Crippen LogP contribution is 2.23. The second-order valence-electron chi connectivity index (χ2n) is 6.66. The quantitative estimate of drug-likeness (QED) is 0.792. The molecule has 0 radical (unpaired) electrons. The van der Waals surface area contributed by atoms with E-state index < -0.39 is 0 Å². The summed E-state index contributed by atoms with van der Waals surface area (Å²) in [7, 11) is 0. The maximum atomic E-state index is 12.1. The fourth-order valence-corrected chi connectivity index (χ4v) is 2.89. The average Bonchev–Trinajstić information content (AvgIpc) is 2.94. The Balaban J connectivity index is 1.84. The van der Waals surface area contributed by atoms with Gasteiger partial charge in [-0.05, 0) is 29.4 Å². The third kappa shape index (κ3) is 4.44. The van der Waals surface area contributed by atoms with E-state index in [4.69, 9.17) is 5.11 Å². The molecule has 0 aliphatic heterocycles. The third-order valence-electron chi connectivity index (χ3n) is 4.42. The van der Waals surface area contributed by atoms with E-state index in [2.05, 4.69) is 50.4 Å². The van der Waals surface area contributed by atoms with E-state index in [1.807, 2.05) is 12.2 Å². The highest BCUT2D eigenvalue weighted by Gasteiger charge is 2.20. The molecule has 2 rings (SSSR count). The van der Waals surface area contributed by atoms with Gasteiger partial charge in [0.15, 0.2) is 0 Å². The van der Waals surface area contributed by atoms with Gasteiger partial charge in [-0.1, -0.05) is 57.2 Å². The number of hydrogen-bond acceptors (Lipinski definition) is 2. The molecule has 3 heteroatoms. The van der Waals surface area contributed by atoms with Crippen molar-refractivity contribution in [2.75, 3.05) is 6.61 Å². The van der Waals surface area contributed by atoms with Crippen molar-refractivity contribution >= 4 is 5.91 Å². The predicted molar refractivity (Wildman–Crippen MR) is 89.8 cm³/mol. The number of aliphatic hydroxyl groups excluding tert-OH is 1. The normalized spacial score (nSPS) is 22.0. The van der Waals surface area contributed by atoms with Crippen molar-refractivity contribution in [3.05, 3.63) is 47.5 Å². The van der Waals surface area contributed by atoms with Gasteiger partial charge in [0, 0.05) is 25.0 Å². The van der Waals surface area contributed by atoms with Crippen LogP contribution in [0.1, 0.15) is 56.6 Å². The van der Waals surface area contributed by atoms with Gasteiger partial charge in [0.05, 0.1) is 0 Å². The third-order valence-corrected chi connectivity index (χ3v) is 4.42. The van der Waals surface area contributed by atoms with Crippen molar-refractivity contribution in [1.82, 2.24) is 5.32 Å². The molecular formula is C19H27NO2. The van der Waals surface area contributed by atoms with Gasteiger partial charge < -0.3 is 10.4 Å². The minimum Gasteiger partial charge on any atom is -0.396 e. The van der Waals surface area contributed by atoms with Gasteiger partial charge in [0.2, 0.25) is 5.91 Å². The molecule has 0 heterocycles. The maximum absolute atomic E-state index is 12.1. The van der Waals surface area contributed by atoms with Crippen molar-refractivity contribution in [3.8, 4) is 0 Å². The molecule has 1 amide bonds. The molecule has 0 bridgehead atoms. The molecule has 0 spiro atoms. The van der Waals surface area contributed by atoms with Crippen LogP contribution in [0.25, 0.3) is 0 Å². The summed E-state index contributed by atoms with van der Waals surface area (Å²) in [4.78, 5) is 12.1. The summed E-state index contributed by atoms with van der Waals surface area (Å²) in [6.45, 7) is 6.60. The molecular weight excluding hydrogens is 274 g/mol. The van der Waals surface area contributed by atoms with Gasteiger partial charge in [-0.15, -0.1) is 0 Å². The van der Waals surface area contributed by atoms with Crippen molar-refractivity contribution in [2.45, 2.75) is 51.5 Å². The molecule has 0 aromatic heterocycles. The van der Waals surface area contributed by atoms with Crippen LogP contribution in [0.15, 0.2) is 36.4 Å². The van der Waals surface area contributed by atoms with Crippen LogP contribution < -0.4 is 5.32 Å². The lowest BCUT2D eigenvalue weighted by Gasteiger charge is -2.16. The Hall–Kier alpha value is -1.61. The van der Waals surface area contributed by atoms with Crippen molar-refractivity contribution < 1.29 is 9.90 Å². The lowest BCUT2D eigenvalue weighted by atomic mass is 9.94. The minimum absolute atomic E-state index is 0.0696. The Bertz CT molecular complexity index is 519. The summed E-state index contributed by atoms with van der Waals surface area (Å²) in [5.41, 5.74) is 2.53. The highest BCUT2D eigenvalue weighted by molar-refractivity contribution is 5.77. The predicted octanol–water partition coefficient (Wildman–Crippen LogP) is 3.36. The Morgan fingerprint density at radius 1 is 1.18 bits per heavy atom. The zero-order valence-corrected chi connectivity index (χ0v) is 13.8. The number of nitrogens with one attached hydrogen (secondary N) is 1. The van der Waals surface area contributed by atoms with Gasteiger partial charge in [-0.2, -0.15) is 0 Å². The van der Waals surface area contributed by atoms with Crippen molar-refractivity contribution in [3.63, 3.8) is 0 Å². The molecule has 1 unspecified atom stereocenters. The number of carbonyl (C=O) groups excluding carboxylic acids is 1. The van der Waals surface area contributed by atoms with Crippen LogP contribution in [-0.2, 0) is 4.79 Å². The first-order chi connectivity index (χ1) is 10.5. The summed E-state index contributed by atoms with van der Waals surface area (Å²) < 4.78 is 0. The van der Waals surface area contributed by atoms with E-state index in [1.165, 1.54) is 11.1 Å². The van der Waals surface area contributed by atoms with E-state index in [-0.39, 0.29) is 30.4 Å². The molecule has 1 aromatic carbocycles. The van der Waals surface area contributed by atoms with E-state index in [1.54, 1.807) is 0 Å². The van der Waals surface area contributed by atoms with Crippen molar-refractivity contribution in [1.29, 1.82) is 0 Å². The number of amides is 1. The second kappa shape index (κ2) is 7.59.